The van der Waals surface area contributed by atoms with Gasteiger partial charge in [-0.05, 0) is 41.8 Å². The number of hydrogen-bond donors (Lipinski definition) is 2. The van der Waals surface area contributed by atoms with Crippen molar-refractivity contribution in [2.24, 2.45) is 0 Å². The van der Waals surface area contributed by atoms with Crippen LogP contribution in [0.15, 0.2) is 60.9 Å². The van der Waals surface area contributed by atoms with E-state index in [1.807, 2.05) is 18.2 Å². The molecular weight excluding hydrogens is 348 g/mol. The highest BCUT2D eigenvalue weighted by atomic mass is 35.5. The van der Waals surface area contributed by atoms with Crippen LogP contribution in [0.25, 0.3) is 0 Å². The average molecular weight is 367 g/mol. The van der Waals surface area contributed by atoms with Gasteiger partial charge in [-0.3, -0.25) is 4.79 Å². The lowest BCUT2D eigenvalue weighted by molar-refractivity contribution is 0.102. The molecule has 132 valence electrons. The van der Waals surface area contributed by atoms with Crippen LogP contribution in [0.4, 0.5) is 17.2 Å². The Morgan fingerprint density at radius 3 is 2.38 bits per heavy atom. The van der Waals surface area contributed by atoms with Crippen molar-refractivity contribution in [2.45, 2.75) is 19.8 Å². The summed E-state index contributed by atoms with van der Waals surface area (Å²) >= 11 is 5.84. The second-order valence-corrected chi connectivity index (χ2v) is 6.55. The van der Waals surface area contributed by atoms with Gasteiger partial charge in [-0.1, -0.05) is 43.6 Å². The number of nitrogens with zero attached hydrogens (tertiary/aromatic N) is 2. The van der Waals surface area contributed by atoms with Crippen LogP contribution >= 0.6 is 11.6 Å². The van der Waals surface area contributed by atoms with Gasteiger partial charge in [0.05, 0.1) is 12.4 Å². The lowest BCUT2D eigenvalue weighted by Crippen LogP contribution is -2.14. The number of carbonyl (C=O) groups excluding carboxylic acids is 1. The fourth-order valence-corrected chi connectivity index (χ4v) is 2.62. The van der Waals surface area contributed by atoms with Gasteiger partial charge in [-0.2, -0.15) is 0 Å². The molecule has 1 amide bonds. The van der Waals surface area contributed by atoms with Crippen LogP contribution in [0.3, 0.4) is 0 Å². The smallest absolute Gasteiger partial charge is 0.275 e. The molecule has 3 rings (SSSR count). The molecule has 0 atom stereocenters. The molecule has 0 saturated carbocycles. The Kier molecular flexibility index (Phi) is 5.49. The van der Waals surface area contributed by atoms with Crippen LogP contribution in [0.1, 0.15) is 35.8 Å². The van der Waals surface area contributed by atoms with Crippen molar-refractivity contribution in [3.63, 3.8) is 0 Å². The van der Waals surface area contributed by atoms with Gasteiger partial charge in [-0.25, -0.2) is 9.97 Å². The minimum atomic E-state index is -0.325. The first-order chi connectivity index (χ1) is 12.5. The number of hydrogen-bond acceptors (Lipinski definition) is 4. The first-order valence-corrected chi connectivity index (χ1v) is 8.65. The summed E-state index contributed by atoms with van der Waals surface area (Å²) in [6, 6.07) is 14.9. The quantitative estimate of drug-likeness (QED) is 0.647. The molecule has 0 radical (unpaired) electrons. The summed E-state index contributed by atoms with van der Waals surface area (Å²) in [6.45, 7) is 4.27. The van der Waals surface area contributed by atoms with E-state index < -0.39 is 0 Å². The lowest BCUT2D eigenvalue weighted by Gasteiger charge is -2.13. The van der Waals surface area contributed by atoms with Crippen molar-refractivity contribution >= 4 is 34.7 Å². The predicted octanol–water partition coefficient (Wildman–Crippen LogP) is 5.25. The van der Waals surface area contributed by atoms with Crippen molar-refractivity contribution in [1.29, 1.82) is 0 Å². The maximum Gasteiger partial charge on any atom is 0.275 e. The molecule has 1 aromatic heterocycles. The largest absolute Gasteiger partial charge is 0.339 e. The monoisotopic (exact) mass is 366 g/mol. The zero-order valence-electron chi connectivity index (χ0n) is 14.5. The van der Waals surface area contributed by atoms with Crippen molar-refractivity contribution in [3.05, 3.63) is 77.2 Å². The Balaban J connectivity index is 1.70. The minimum absolute atomic E-state index is 0.239. The second kappa shape index (κ2) is 7.97. The van der Waals surface area contributed by atoms with Gasteiger partial charge < -0.3 is 10.6 Å². The molecule has 3 aromatic rings. The summed E-state index contributed by atoms with van der Waals surface area (Å²) in [6.07, 6.45) is 3.00. The number of anilines is 3. The maximum atomic E-state index is 12.2. The van der Waals surface area contributed by atoms with E-state index in [-0.39, 0.29) is 11.6 Å². The number of rotatable bonds is 5. The number of aromatic nitrogens is 2. The molecule has 2 aromatic carbocycles. The van der Waals surface area contributed by atoms with Crippen molar-refractivity contribution in [1.82, 2.24) is 9.97 Å². The third kappa shape index (κ3) is 4.37. The first kappa shape index (κ1) is 17.9. The normalized spacial score (nSPS) is 10.6. The zero-order valence-corrected chi connectivity index (χ0v) is 15.3. The highest BCUT2D eigenvalue weighted by Crippen LogP contribution is 2.25. The zero-order chi connectivity index (χ0) is 18.5. The van der Waals surface area contributed by atoms with Gasteiger partial charge in [0.2, 0.25) is 0 Å². The SMILES string of the molecule is CC(C)c1ccccc1Nc1cnc(C(=O)Nc2ccc(Cl)cc2)cn1. The van der Waals surface area contributed by atoms with Crippen LogP contribution in [-0.4, -0.2) is 15.9 Å². The van der Waals surface area contributed by atoms with Gasteiger partial charge in [0.1, 0.15) is 11.5 Å². The second-order valence-electron chi connectivity index (χ2n) is 6.11. The van der Waals surface area contributed by atoms with E-state index in [2.05, 4.69) is 40.5 Å². The molecule has 6 heteroatoms. The highest BCUT2D eigenvalue weighted by Gasteiger charge is 2.10. The van der Waals surface area contributed by atoms with E-state index in [4.69, 9.17) is 11.6 Å². The summed E-state index contributed by atoms with van der Waals surface area (Å²) in [5, 5.41) is 6.63. The Labute approximate surface area is 157 Å². The summed E-state index contributed by atoms with van der Waals surface area (Å²) < 4.78 is 0. The fourth-order valence-electron chi connectivity index (χ4n) is 2.49. The molecule has 0 aliphatic carbocycles. The van der Waals surface area contributed by atoms with Gasteiger partial charge in [-0.15, -0.1) is 0 Å². The van der Waals surface area contributed by atoms with E-state index in [0.29, 0.717) is 22.4 Å². The highest BCUT2D eigenvalue weighted by molar-refractivity contribution is 6.30. The molecule has 0 fully saturated rings. The third-order valence-electron chi connectivity index (χ3n) is 3.83. The summed E-state index contributed by atoms with van der Waals surface area (Å²) in [5.41, 5.74) is 3.06. The van der Waals surface area contributed by atoms with E-state index in [1.54, 1.807) is 30.5 Å². The number of amides is 1. The van der Waals surface area contributed by atoms with Crippen LogP contribution < -0.4 is 10.6 Å². The Bertz CT molecular complexity index is 892. The van der Waals surface area contributed by atoms with E-state index >= 15 is 0 Å². The van der Waals surface area contributed by atoms with Gasteiger partial charge in [0, 0.05) is 16.4 Å². The van der Waals surface area contributed by atoms with Crippen molar-refractivity contribution in [2.75, 3.05) is 10.6 Å². The van der Waals surface area contributed by atoms with E-state index in [0.717, 1.165) is 5.69 Å². The molecule has 0 bridgehead atoms. The van der Waals surface area contributed by atoms with Crippen LogP contribution in [-0.2, 0) is 0 Å². The van der Waals surface area contributed by atoms with Crippen LogP contribution in [0, 0.1) is 0 Å². The van der Waals surface area contributed by atoms with E-state index in [9.17, 15) is 4.79 Å². The fraction of sp³-hybridized carbons (Fsp3) is 0.150. The number of para-hydroxylation sites is 1. The number of carbonyl (C=O) groups is 1. The van der Waals surface area contributed by atoms with Gasteiger partial charge in [0.15, 0.2) is 0 Å². The minimum Gasteiger partial charge on any atom is -0.339 e. The molecule has 26 heavy (non-hydrogen) atoms. The molecule has 5 nitrogen and oxygen atoms in total. The lowest BCUT2D eigenvalue weighted by atomic mass is 10.0. The van der Waals surface area contributed by atoms with E-state index in [1.165, 1.54) is 11.8 Å². The molecular formula is C20H19ClN4O. The maximum absolute atomic E-state index is 12.2. The number of nitrogens with one attached hydrogen (secondary N) is 2. The summed E-state index contributed by atoms with van der Waals surface area (Å²) in [5.74, 6) is 0.645. The topological polar surface area (TPSA) is 66.9 Å². The number of benzene rings is 2. The average Bonchev–Trinajstić information content (AvgIpc) is 2.64. The van der Waals surface area contributed by atoms with Crippen LogP contribution in [0.5, 0.6) is 0 Å². The molecule has 1 heterocycles. The van der Waals surface area contributed by atoms with Crippen molar-refractivity contribution < 1.29 is 4.79 Å². The molecule has 0 aliphatic heterocycles. The summed E-state index contributed by atoms with van der Waals surface area (Å²) in [4.78, 5) is 20.7. The molecule has 0 aliphatic rings. The molecule has 0 spiro atoms. The molecule has 0 saturated heterocycles. The Morgan fingerprint density at radius 1 is 1.00 bits per heavy atom. The predicted molar refractivity (Wildman–Crippen MR) is 105 cm³/mol. The molecule has 2 N–H and O–H groups in total. The standard InChI is InChI=1S/C20H19ClN4O/c1-13(2)16-5-3-4-6-17(16)25-19-12-22-18(11-23-19)20(26)24-15-9-7-14(21)8-10-15/h3-13H,1-2H3,(H,23,25)(H,24,26). The van der Waals surface area contributed by atoms with Gasteiger partial charge >= 0.3 is 0 Å². The Hall–Kier alpha value is -2.92. The molecule has 0 unspecified atom stereocenters. The summed E-state index contributed by atoms with van der Waals surface area (Å²) in [7, 11) is 0. The first-order valence-electron chi connectivity index (χ1n) is 8.28. The van der Waals surface area contributed by atoms with Crippen LogP contribution in [0.2, 0.25) is 5.02 Å². The number of halogens is 1. The third-order valence-corrected chi connectivity index (χ3v) is 4.08. The Morgan fingerprint density at radius 2 is 1.73 bits per heavy atom. The van der Waals surface area contributed by atoms with Gasteiger partial charge in [0.25, 0.3) is 5.91 Å². The van der Waals surface area contributed by atoms with Crippen molar-refractivity contribution in [3.8, 4) is 0 Å².